The summed E-state index contributed by atoms with van der Waals surface area (Å²) >= 11 is 0. The highest BCUT2D eigenvalue weighted by Gasteiger charge is 2.52. The van der Waals surface area contributed by atoms with Crippen molar-refractivity contribution in [1.29, 1.82) is 0 Å². The molecule has 6 saturated carbocycles. The zero-order chi connectivity index (χ0) is 91.8. The second kappa shape index (κ2) is 49.0. The predicted molar refractivity (Wildman–Crippen MR) is 534 cm³/mol. The smallest absolute Gasteiger partial charge is 0.330 e. The summed E-state index contributed by atoms with van der Waals surface area (Å²) in [5.74, 6) is 13.9. The number of esters is 4. The van der Waals surface area contributed by atoms with Crippen LogP contribution >= 0.6 is 0 Å². The molecule has 6 fully saturated rings. The van der Waals surface area contributed by atoms with E-state index >= 15 is 0 Å². The normalized spacial score (nSPS) is 26.8. The Morgan fingerprint density at radius 3 is 0.892 bits per heavy atom. The lowest BCUT2D eigenvalue weighted by molar-refractivity contribution is -0.148. The second-order valence-corrected chi connectivity index (χ2v) is 93.7. The van der Waals surface area contributed by atoms with Crippen LogP contribution in [-0.4, -0.2) is 150 Å². The van der Waals surface area contributed by atoms with Gasteiger partial charge in [-0.2, -0.15) is 0 Å². The number of hydrogen-bond acceptors (Lipinski definition) is 16. The highest BCUT2D eigenvalue weighted by molar-refractivity contribution is 6.90. The van der Waals surface area contributed by atoms with E-state index < -0.39 is 113 Å². The first-order valence-electron chi connectivity index (χ1n) is 47.0. The molecular weight excluding hydrogens is 1700 g/mol. The maximum absolute atomic E-state index is 12.0. The topological polar surface area (TPSA) is 179 Å². The fourth-order valence-corrected chi connectivity index (χ4v) is 76.7. The predicted octanol–water partition coefficient (Wildman–Crippen LogP) is 26.5. The lowest BCUT2D eigenvalue weighted by atomic mass is 9.75. The van der Waals surface area contributed by atoms with Crippen molar-refractivity contribution >= 4 is 125 Å². The summed E-state index contributed by atoms with van der Waals surface area (Å²) in [5.41, 5.74) is 0. The SMILES string of the molecule is C=C.C=C.C=CC(=O)OCCC[Si](C)(C)O[Si](C)(C)O[Si](C)(C)COC(=O)C=C.CC1C2CC(CC[Si](C)(C)O[Si](C)(C)O[Si](C)(C)CCC3CC4CC3C(C)C4C)C(C2)C1C.CCC(C)C(=O)OCCC[Si](C)(C)O[Si](C)(C)O[Si](C)(C)COC(=O)C(C)CC.C[Si](C)(CCC1CC2C=CC1C2)O[Si](C)(C)O[Si](C)(C)CCC1CC2C=CC1C2. The van der Waals surface area contributed by atoms with Gasteiger partial charge in [0.1, 0.15) is 12.5 Å². The van der Waals surface area contributed by atoms with Crippen molar-refractivity contribution in [3.05, 3.63) is 75.9 Å². The summed E-state index contributed by atoms with van der Waals surface area (Å²) in [7, 11) is -23.9. The lowest BCUT2D eigenvalue weighted by Gasteiger charge is -2.40. The third kappa shape index (κ3) is 40.3. The van der Waals surface area contributed by atoms with Gasteiger partial charge in [-0.15, -0.1) is 26.3 Å². The zero-order valence-corrected chi connectivity index (χ0v) is 95.0. The molecule has 18 unspecified atom stereocenters. The van der Waals surface area contributed by atoms with Crippen molar-refractivity contribution in [3.8, 4) is 0 Å². The van der Waals surface area contributed by atoms with Crippen LogP contribution in [0.15, 0.2) is 75.9 Å². The maximum Gasteiger partial charge on any atom is 0.330 e. The monoisotopic (exact) mass is 1880 g/mol. The molecule has 0 aromatic heterocycles. The second-order valence-electron chi connectivity index (χ2n) is 44.3. The Hall–Kier alpha value is -1.40. The van der Waals surface area contributed by atoms with Crippen LogP contribution in [0.1, 0.15) is 158 Å². The molecule has 0 aromatic rings. The van der Waals surface area contributed by atoms with Crippen molar-refractivity contribution in [3.63, 3.8) is 0 Å². The summed E-state index contributed by atoms with van der Waals surface area (Å²) in [4.78, 5) is 46.0. The van der Waals surface area contributed by atoms with Crippen LogP contribution in [0.3, 0.4) is 0 Å². The standard InChI is InChI=1S/C28H56O2Si3.C24H44O2Si3.C20H44O6Si3.C16H32O6Si3.2C2H4/c1-19-21(3)27-17-25(19)15-23(27)11-13-31(5,6)29-33(9,10)30-32(7,8)14-12-24-16-26-18-28(24)22(4)20(26)2;1-27(2,13-11-23-17-19-7-9-21(23)15-19)25-29(5,6)26-28(3,4)14-12-24-18-20-8-10-22(24)16-20;1-11-17(3)19(21)23-14-13-15-27(5,6)25-29(9,10)26-28(7,8)16-24-20(22)18(4)12-2;1-9-15(17)19-12-11-13-23(3,4)21-25(7,8)22-24(5,6)14-20-16(18)10-2;2*1-2/h19-28H,11-18H2,1-10H3;7-10,19-24H,11-18H2,1-6H3;17-18H,11-16H2,1-10H3;9-10H,1-2,11-14H2,3-8H3;2*1-2H2. The van der Waals surface area contributed by atoms with Crippen LogP contribution in [-0.2, 0) is 71.0 Å². The van der Waals surface area contributed by atoms with Gasteiger partial charge in [0.05, 0.1) is 25.0 Å². The van der Waals surface area contributed by atoms with Crippen molar-refractivity contribution < 1.29 is 71.0 Å². The first-order valence-corrected chi connectivity index (χ1v) is 83.2. The Bertz CT molecular complexity index is 3100. The summed E-state index contributed by atoms with van der Waals surface area (Å²) in [6, 6.07) is 7.02. The van der Waals surface area contributed by atoms with Crippen LogP contribution in [0.4, 0.5) is 0 Å². The molecule has 0 aliphatic heterocycles. The molecule has 120 heavy (non-hydrogen) atoms. The van der Waals surface area contributed by atoms with Crippen molar-refractivity contribution in [2.75, 3.05) is 25.7 Å². The Kier molecular flexibility index (Phi) is 46.1. The molecule has 0 N–H and O–H groups in total. The fourth-order valence-electron chi connectivity index (χ4n) is 21.8. The first-order chi connectivity index (χ1) is 55.2. The maximum atomic E-state index is 12.0. The van der Waals surface area contributed by atoms with Gasteiger partial charge in [-0.3, -0.25) is 9.59 Å². The van der Waals surface area contributed by atoms with E-state index in [-0.39, 0.29) is 30.0 Å². The lowest BCUT2D eigenvalue weighted by Crippen LogP contribution is -2.54. The van der Waals surface area contributed by atoms with Gasteiger partial charge in [-0.1, -0.05) is 119 Å². The summed E-state index contributed by atoms with van der Waals surface area (Å²) in [6.07, 6.45) is 33.3. The average molecular weight is 1880 g/mol. The third-order valence-electron chi connectivity index (χ3n) is 27.4. The van der Waals surface area contributed by atoms with E-state index in [0.717, 1.165) is 145 Å². The van der Waals surface area contributed by atoms with Crippen LogP contribution in [0.5, 0.6) is 0 Å². The number of hydrogen-bond donors (Lipinski definition) is 0. The van der Waals surface area contributed by atoms with E-state index in [1.54, 1.807) is 0 Å². The quantitative estimate of drug-likeness (QED) is 0.0140. The molecule has 18 atom stereocenters. The Morgan fingerprint density at radius 2 is 0.617 bits per heavy atom. The van der Waals surface area contributed by atoms with Gasteiger partial charge in [0, 0.05) is 12.2 Å². The van der Waals surface area contributed by atoms with E-state index in [1.807, 2.05) is 53.9 Å². The van der Waals surface area contributed by atoms with Crippen LogP contribution in [0.25, 0.3) is 0 Å². The minimum atomic E-state index is -2.36. The van der Waals surface area contributed by atoms with Crippen molar-refractivity contribution in [1.82, 2.24) is 0 Å². The molecule has 0 radical (unpaired) electrons. The molecule has 8 rings (SSSR count). The van der Waals surface area contributed by atoms with Crippen LogP contribution in [0.2, 0.25) is 193 Å². The zero-order valence-electron chi connectivity index (χ0n) is 83.0. The molecule has 8 aliphatic carbocycles. The van der Waals surface area contributed by atoms with Gasteiger partial charge in [0.15, 0.2) is 49.9 Å². The fraction of sp³-hybridized carbons (Fsp3) is 0.826. The molecule has 696 valence electrons. The van der Waals surface area contributed by atoms with E-state index in [0.29, 0.717) is 19.4 Å². The Labute approximate surface area is 749 Å². The molecule has 0 aromatic carbocycles. The van der Waals surface area contributed by atoms with Crippen LogP contribution < -0.4 is 0 Å². The van der Waals surface area contributed by atoms with E-state index in [1.165, 1.54) is 101 Å². The Balaban J connectivity index is 0.000000410. The first kappa shape index (κ1) is 113. The minimum absolute atomic E-state index is 0.0437. The molecule has 0 saturated heterocycles. The molecular formula is C92H184O16Si12. The molecule has 28 heteroatoms. The number of allylic oxidation sites excluding steroid dienone is 4. The molecule has 0 spiro atoms. The van der Waals surface area contributed by atoms with Gasteiger partial charge in [0.25, 0.3) is 0 Å². The summed E-state index contributed by atoms with van der Waals surface area (Å²) in [6.45, 7) is 91.2. The van der Waals surface area contributed by atoms with Gasteiger partial charge in [-0.05, 0) is 365 Å². The average Bonchev–Trinajstić information content (AvgIpc) is 1.62. The van der Waals surface area contributed by atoms with Gasteiger partial charge in [-0.25, -0.2) is 9.59 Å². The van der Waals surface area contributed by atoms with Crippen molar-refractivity contribution in [2.45, 2.75) is 352 Å². The van der Waals surface area contributed by atoms with E-state index in [9.17, 15) is 19.2 Å². The number of rotatable bonds is 46. The number of carbonyl (C=O) groups excluding carboxylic acids is 4. The molecule has 8 aliphatic rings. The molecule has 8 bridgehead atoms. The summed E-state index contributed by atoms with van der Waals surface area (Å²) < 4.78 is 74.4. The van der Waals surface area contributed by atoms with Gasteiger partial charge < -0.3 is 51.9 Å². The highest BCUT2D eigenvalue weighted by Crippen LogP contribution is 2.58. The number of fused-ring (bicyclic) bond motifs is 8. The molecule has 0 amide bonds. The van der Waals surface area contributed by atoms with E-state index in [2.05, 4.69) is 222 Å². The van der Waals surface area contributed by atoms with Gasteiger partial charge in [0.2, 0.25) is 16.6 Å². The largest absolute Gasteiger partial charge is 0.466 e. The number of carbonyl (C=O) groups is 4. The highest BCUT2D eigenvalue weighted by atomic mass is 28.5. The third-order valence-corrected chi connectivity index (χ3v) is 71.5. The Morgan fingerprint density at radius 1 is 0.342 bits per heavy atom. The van der Waals surface area contributed by atoms with Crippen LogP contribution in [0, 0.1) is 107 Å². The molecule has 16 nitrogen and oxygen atoms in total. The van der Waals surface area contributed by atoms with Gasteiger partial charge >= 0.3 is 58.1 Å². The minimum Gasteiger partial charge on any atom is -0.466 e. The van der Waals surface area contributed by atoms with Crippen molar-refractivity contribution in [2.24, 2.45) is 107 Å². The van der Waals surface area contributed by atoms with E-state index in [4.69, 9.17) is 51.9 Å². The summed E-state index contributed by atoms with van der Waals surface area (Å²) in [5, 5.41) is 0. The molecule has 0 heterocycles. The number of ether oxygens (including phenoxy) is 4.